The highest BCUT2D eigenvalue weighted by atomic mass is 28.3. The molecule has 2 heterocycles. The molecule has 2 aliphatic heterocycles. The Labute approximate surface area is 217 Å². The molecule has 0 saturated carbocycles. The lowest BCUT2D eigenvalue weighted by molar-refractivity contribution is 0.834. The van der Waals surface area contributed by atoms with Crippen LogP contribution in [-0.4, -0.2) is 8.80 Å². The quantitative estimate of drug-likeness (QED) is 0.257. The van der Waals surface area contributed by atoms with Gasteiger partial charge in [-0.05, 0) is 84.3 Å². The molecule has 4 aromatic carbocycles. The highest BCUT2D eigenvalue weighted by molar-refractivity contribution is 6.92. The Kier molecular flexibility index (Phi) is 4.85. The maximum Gasteiger partial charge on any atom is 0.135 e. The van der Waals surface area contributed by atoms with E-state index < -0.39 is 8.80 Å². The van der Waals surface area contributed by atoms with Crippen LogP contribution in [0.3, 0.4) is 0 Å². The van der Waals surface area contributed by atoms with E-state index in [0.29, 0.717) is 17.4 Å². The van der Waals surface area contributed by atoms with Crippen molar-refractivity contribution < 1.29 is 0 Å². The standard InChI is InChI=1S/C35H33Si/c1-6-22-16-23-14-15-28-30-12-9-11-29-27-10-7-8-13-31(27)36(35(29)30)34(22)33(23)32(28)26-18-24(20(2)3)17-25(19-26)21(4)5/h7-21,34H,6H2,1-5H3. The van der Waals surface area contributed by atoms with Gasteiger partial charge >= 0.3 is 0 Å². The fourth-order valence-electron chi connectivity index (χ4n) is 6.88. The second-order valence-electron chi connectivity index (χ2n) is 11.4. The molecule has 0 fully saturated rings. The van der Waals surface area contributed by atoms with Crippen LogP contribution >= 0.6 is 0 Å². The molecule has 177 valence electrons. The van der Waals surface area contributed by atoms with Crippen molar-refractivity contribution in [2.45, 2.75) is 58.4 Å². The number of hydrogen-bond acceptors (Lipinski definition) is 0. The molecule has 7 rings (SSSR count). The molecule has 0 spiro atoms. The van der Waals surface area contributed by atoms with Gasteiger partial charge in [-0.2, -0.15) is 0 Å². The van der Waals surface area contributed by atoms with E-state index in [1.807, 2.05) is 0 Å². The fraction of sp³-hybridized carbons (Fsp3) is 0.257. The van der Waals surface area contributed by atoms with Crippen LogP contribution in [0.1, 0.15) is 80.7 Å². The van der Waals surface area contributed by atoms with Crippen molar-refractivity contribution in [3.05, 3.63) is 101 Å². The van der Waals surface area contributed by atoms with Crippen LogP contribution in [0.4, 0.5) is 0 Å². The molecule has 1 heteroatoms. The summed E-state index contributed by atoms with van der Waals surface area (Å²) in [7, 11) is -1.00. The highest BCUT2D eigenvalue weighted by Gasteiger charge is 2.46. The Morgan fingerprint density at radius 3 is 2.08 bits per heavy atom. The third-order valence-electron chi connectivity index (χ3n) is 8.71. The second-order valence-corrected chi connectivity index (χ2v) is 13.8. The maximum atomic E-state index is 2.54. The normalized spacial score (nSPS) is 16.9. The maximum absolute atomic E-state index is 2.54. The first kappa shape index (κ1) is 22.1. The third kappa shape index (κ3) is 2.93. The van der Waals surface area contributed by atoms with E-state index in [0.717, 1.165) is 6.42 Å². The molecule has 4 aromatic rings. The summed E-state index contributed by atoms with van der Waals surface area (Å²) in [5, 5.41) is 3.25. The Hall–Kier alpha value is -3.16. The van der Waals surface area contributed by atoms with Gasteiger partial charge in [0.25, 0.3) is 0 Å². The van der Waals surface area contributed by atoms with Gasteiger partial charge in [-0.15, -0.1) is 0 Å². The van der Waals surface area contributed by atoms with Crippen molar-refractivity contribution in [3.8, 4) is 33.4 Å². The predicted molar refractivity (Wildman–Crippen MR) is 157 cm³/mol. The minimum Gasteiger partial charge on any atom is -0.0645 e. The zero-order chi connectivity index (χ0) is 24.7. The van der Waals surface area contributed by atoms with Gasteiger partial charge in [-0.1, -0.05) is 119 Å². The molecule has 0 aromatic heterocycles. The van der Waals surface area contributed by atoms with Crippen LogP contribution in [-0.2, 0) is 0 Å². The lowest BCUT2D eigenvalue weighted by atomic mass is 9.84. The summed E-state index contributed by atoms with van der Waals surface area (Å²) in [6, 6.07) is 28.6. The van der Waals surface area contributed by atoms with Gasteiger partial charge in [0.15, 0.2) is 0 Å². The average Bonchev–Trinajstić information content (AvgIpc) is 3.40. The number of fused-ring (bicyclic) bond motifs is 6. The van der Waals surface area contributed by atoms with E-state index in [2.05, 4.69) is 113 Å². The monoisotopic (exact) mass is 481 g/mol. The zero-order valence-electron chi connectivity index (χ0n) is 21.9. The first-order chi connectivity index (χ1) is 17.5. The van der Waals surface area contributed by atoms with Gasteiger partial charge in [0.05, 0.1) is 0 Å². The summed E-state index contributed by atoms with van der Waals surface area (Å²) in [6.45, 7) is 11.7. The molecule has 3 aliphatic rings. The van der Waals surface area contributed by atoms with Gasteiger partial charge in [-0.3, -0.25) is 0 Å². The molecule has 0 saturated heterocycles. The minimum atomic E-state index is -1.00. The van der Waals surface area contributed by atoms with Gasteiger partial charge in [-0.25, -0.2) is 0 Å². The Morgan fingerprint density at radius 1 is 0.722 bits per heavy atom. The molecule has 0 nitrogen and oxygen atoms in total. The van der Waals surface area contributed by atoms with Crippen molar-refractivity contribution in [2.75, 3.05) is 0 Å². The molecular formula is C35H33Si. The van der Waals surface area contributed by atoms with E-state index in [1.54, 1.807) is 21.5 Å². The van der Waals surface area contributed by atoms with Crippen LogP contribution in [0.15, 0.2) is 78.4 Å². The van der Waals surface area contributed by atoms with Crippen molar-refractivity contribution in [2.24, 2.45) is 0 Å². The van der Waals surface area contributed by atoms with Crippen LogP contribution in [0.2, 0.25) is 0 Å². The summed E-state index contributed by atoms with van der Waals surface area (Å²) >= 11 is 0. The summed E-state index contributed by atoms with van der Waals surface area (Å²) in [6.07, 6.45) is 3.65. The summed E-state index contributed by atoms with van der Waals surface area (Å²) < 4.78 is 0. The first-order valence-corrected chi connectivity index (χ1v) is 15.2. The molecule has 1 aliphatic carbocycles. The van der Waals surface area contributed by atoms with Crippen LogP contribution in [0, 0.1) is 0 Å². The number of hydrogen-bond donors (Lipinski definition) is 0. The minimum absolute atomic E-state index is 0.501. The van der Waals surface area contributed by atoms with Crippen molar-refractivity contribution in [3.63, 3.8) is 0 Å². The van der Waals surface area contributed by atoms with E-state index >= 15 is 0 Å². The van der Waals surface area contributed by atoms with E-state index in [1.165, 1.54) is 50.1 Å². The topological polar surface area (TPSA) is 0 Å². The Morgan fingerprint density at radius 2 is 1.39 bits per heavy atom. The van der Waals surface area contributed by atoms with Crippen LogP contribution in [0.5, 0.6) is 0 Å². The van der Waals surface area contributed by atoms with Gasteiger partial charge < -0.3 is 0 Å². The SMILES string of the molecule is CCC1=Cc2ccc3c(-c4cc(C(C)C)cc(C(C)C)c4)c2C1[Si]1c2ccccc2-c2cccc-3c21. The molecule has 0 N–H and O–H groups in total. The van der Waals surface area contributed by atoms with E-state index in [-0.39, 0.29) is 0 Å². The molecular weight excluding hydrogens is 448 g/mol. The first-order valence-electron chi connectivity index (χ1n) is 13.6. The number of allylic oxidation sites excluding steroid dienone is 1. The van der Waals surface area contributed by atoms with E-state index in [4.69, 9.17) is 0 Å². The predicted octanol–water partition coefficient (Wildman–Crippen LogP) is 8.30. The number of benzene rings is 4. The number of rotatable bonds is 4. The summed E-state index contributed by atoms with van der Waals surface area (Å²) in [5.41, 5.74) is 16.9. The lowest BCUT2D eigenvalue weighted by Gasteiger charge is -2.25. The van der Waals surface area contributed by atoms with Crippen LogP contribution in [0.25, 0.3) is 39.5 Å². The molecule has 1 atom stereocenters. The fourth-order valence-corrected chi connectivity index (χ4v) is 10.8. The molecule has 0 amide bonds. The molecule has 2 bridgehead atoms. The molecule has 36 heavy (non-hydrogen) atoms. The largest absolute Gasteiger partial charge is 0.135 e. The van der Waals surface area contributed by atoms with Gasteiger partial charge in [0.2, 0.25) is 0 Å². The van der Waals surface area contributed by atoms with Crippen molar-refractivity contribution in [1.82, 2.24) is 0 Å². The Balaban J connectivity index is 1.61. The third-order valence-corrected chi connectivity index (χ3v) is 12.0. The van der Waals surface area contributed by atoms with Gasteiger partial charge in [0, 0.05) is 5.54 Å². The molecule has 1 unspecified atom stereocenters. The highest BCUT2D eigenvalue weighted by Crippen LogP contribution is 2.52. The summed E-state index contributed by atoms with van der Waals surface area (Å²) in [5.74, 6) is 1.02. The van der Waals surface area contributed by atoms with Gasteiger partial charge in [0.1, 0.15) is 8.80 Å². The van der Waals surface area contributed by atoms with Crippen molar-refractivity contribution >= 4 is 25.2 Å². The molecule has 1 radical (unpaired) electrons. The van der Waals surface area contributed by atoms with Crippen molar-refractivity contribution in [1.29, 1.82) is 0 Å². The summed E-state index contributed by atoms with van der Waals surface area (Å²) in [4.78, 5) is 0. The Bertz CT molecular complexity index is 1560. The second kappa shape index (κ2) is 7.92. The van der Waals surface area contributed by atoms with Crippen LogP contribution < -0.4 is 10.4 Å². The lowest BCUT2D eigenvalue weighted by Crippen LogP contribution is -2.44. The average molecular weight is 482 g/mol. The smallest absolute Gasteiger partial charge is 0.0645 e. The van der Waals surface area contributed by atoms with E-state index in [9.17, 15) is 0 Å². The zero-order valence-corrected chi connectivity index (χ0v) is 22.9.